The number of benzene rings is 1. The summed E-state index contributed by atoms with van der Waals surface area (Å²) in [4.78, 5) is 27.0. The van der Waals surface area contributed by atoms with E-state index < -0.39 is 11.9 Å². The van der Waals surface area contributed by atoms with Gasteiger partial charge in [-0.15, -0.1) is 10.2 Å². The van der Waals surface area contributed by atoms with Crippen LogP contribution in [0.5, 0.6) is 0 Å². The summed E-state index contributed by atoms with van der Waals surface area (Å²) in [7, 11) is 2.15. The van der Waals surface area contributed by atoms with Crippen LogP contribution in [0.1, 0.15) is 5.56 Å². The molecule has 1 fully saturated rings. The van der Waals surface area contributed by atoms with Gasteiger partial charge in [-0.1, -0.05) is 6.07 Å². The van der Waals surface area contributed by atoms with E-state index in [2.05, 4.69) is 75.5 Å². The maximum atomic E-state index is 9.55. The summed E-state index contributed by atoms with van der Waals surface area (Å²) in [5, 5.41) is 25.9. The van der Waals surface area contributed by atoms with Crippen molar-refractivity contribution < 1.29 is 19.8 Å². The summed E-state index contributed by atoms with van der Waals surface area (Å²) in [5.74, 6) is -0.897. The zero-order chi connectivity index (χ0) is 23.5. The van der Waals surface area contributed by atoms with Crippen molar-refractivity contribution in [3.8, 4) is 11.3 Å². The molecule has 0 amide bonds. The number of nitrogens with zero attached hydrogens (tertiary/aromatic N) is 4. The van der Waals surface area contributed by atoms with Gasteiger partial charge in [0.2, 0.25) is 0 Å². The molecule has 0 aliphatic carbocycles. The van der Waals surface area contributed by atoms with Gasteiger partial charge < -0.3 is 25.0 Å². The Labute approximate surface area is 190 Å². The fraction of sp³-hybridized carbons (Fsp3) is 0.250. The molecule has 9 heteroatoms. The summed E-state index contributed by atoms with van der Waals surface area (Å²) >= 11 is 0. The first kappa shape index (κ1) is 22.1. The minimum Gasteiger partial charge on any atom is -0.478 e. The Morgan fingerprint density at radius 2 is 1.85 bits per heavy atom. The van der Waals surface area contributed by atoms with Crippen molar-refractivity contribution in [2.75, 3.05) is 31.6 Å². The van der Waals surface area contributed by atoms with Crippen molar-refractivity contribution in [2.24, 2.45) is 5.92 Å². The van der Waals surface area contributed by atoms with Gasteiger partial charge in [-0.2, -0.15) is 0 Å². The number of hydrogen-bond donors (Lipinski definition) is 3. The molecule has 1 saturated heterocycles. The van der Waals surface area contributed by atoms with Crippen LogP contribution in [0.15, 0.2) is 60.5 Å². The number of anilines is 1. The fourth-order valence-electron chi connectivity index (χ4n) is 4.19. The van der Waals surface area contributed by atoms with E-state index in [9.17, 15) is 9.59 Å². The summed E-state index contributed by atoms with van der Waals surface area (Å²) in [6.45, 7) is 5.25. The maximum Gasteiger partial charge on any atom is 0.328 e. The van der Waals surface area contributed by atoms with Gasteiger partial charge in [-0.05, 0) is 42.3 Å². The topological polar surface area (TPSA) is 123 Å². The Balaban J connectivity index is 0.000000281. The predicted octanol–water partition coefficient (Wildman–Crippen LogP) is 2.91. The number of carbonyl (C=O) groups is 2. The standard InChI is InChI=1S/C20H21N5.C4H4O4/c1-13-8-21-19-4-3-14(7-17(13)19)18-5-6-20(23-22-18)25-11-15-9-24(2)10-16(15)12-25;5-3(6)1-2-4(7)8/h3-9,16,21H,10-12H2,1-2H3;1-2H,(H,5,6)(H,7,8). The monoisotopic (exact) mass is 447 g/mol. The van der Waals surface area contributed by atoms with Gasteiger partial charge in [0, 0.05) is 73.6 Å². The van der Waals surface area contributed by atoms with E-state index in [0.717, 1.165) is 42.2 Å². The molecular weight excluding hydrogens is 422 g/mol. The van der Waals surface area contributed by atoms with Crippen molar-refractivity contribution in [1.29, 1.82) is 0 Å². The summed E-state index contributed by atoms with van der Waals surface area (Å²) < 4.78 is 0. The second-order valence-corrected chi connectivity index (χ2v) is 8.24. The second-order valence-electron chi connectivity index (χ2n) is 8.24. The highest BCUT2D eigenvalue weighted by Crippen LogP contribution is 2.32. The quantitative estimate of drug-likeness (QED) is 0.522. The van der Waals surface area contributed by atoms with Gasteiger partial charge in [0.15, 0.2) is 5.82 Å². The number of fused-ring (bicyclic) bond motifs is 2. The molecule has 2 aliphatic rings. The first-order chi connectivity index (χ1) is 15.8. The first-order valence-electron chi connectivity index (χ1n) is 10.5. The highest BCUT2D eigenvalue weighted by atomic mass is 16.4. The Hall–Kier alpha value is -4.14. The van der Waals surface area contributed by atoms with E-state index in [1.54, 1.807) is 0 Å². The van der Waals surface area contributed by atoms with Crippen molar-refractivity contribution in [3.05, 3.63) is 66.0 Å². The molecule has 1 aromatic carbocycles. The molecule has 33 heavy (non-hydrogen) atoms. The van der Waals surface area contributed by atoms with Crippen LogP contribution in [0.3, 0.4) is 0 Å². The number of aliphatic carboxylic acids is 2. The van der Waals surface area contributed by atoms with Crippen LogP contribution in [0.4, 0.5) is 5.82 Å². The second kappa shape index (κ2) is 9.15. The van der Waals surface area contributed by atoms with E-state index in [-0.39, 0.29) is 0 Å². The zero-order valence-corrected chi connectivity index (χ0v) is 18.4. The minimum atomic E-state index is -1.26. The van der Waals surface area contributed by atoms with Crippen molar-refractivity contribution in [1.82, 2.24) is 20.1 Å². The molecule has 4 heterocycles. The van der Waals surface area contributed by atoms with E-state index in [1.165, 1.54) is 16.5 Å². The number of H-pyrrole nitrogens is 1. The van der Waals surface area contributed by atoms with Crippen LogP contribution in [0.2, 0.25) is 0 Å². The SMILES string of the molecule is Cc1c[nH]c2ccc(-c3ccc(N4CC5=CN(C)CC5C4)nn3)cc12.O=C(O)C=CC(=O)O. The third-order valence-electron chi connectivity index (χ3n) is 5.76. The highest BCUT2D eigenvalue weighted by Gasteiger charge is 2.32. The van der Waals surface area contributed by atoms with Crippen LogP contribution < -0.4 is 4.90 Å². The van der Waals surface area contributed by atoms with Crippen molar-refractivity contribution >= 4 is 28.7 Å². The number of aromatic nitrogens is 3. The third kappa shape index (κ3) is 5.03. The molecule has 0 bridgehead atoms. The van der Waals surface area contributed by atoms with Crippen LogP contribution >= 0.6 is 0 Å². The molecule has 0 saturated carbocycles. The Morgan fingerprint density at radius 1 is 1.09 bits per heavy atom. The largest absolute Gasteiger partial charge is 0.478 e. The lowest BCUT2D eigenvalue weighted by Gasteiger charge is -2.18. The van der Waals surface area contributed by atoms with Crippen molar-refractivity contribution in [2.45, 2.75) is 6.92 Å². The van der Waals surface area contributed by atoms with Crippen LogP contribution in [0, 0.1) is 12.8 Å². The Morgan fingerprint density at radius 3 is 2.48 bits per heavy atom. The normalized spacial score (nSPS) is 17.2. The lowest BCUT2D eigenvalue weighted by Crippen LogP contribution is -2.25. The molecule has 2 aromatic heterocycles. The maximum absolute atomic E-state index is 9.55. The lowest BCUT2D eigenvalue weighted by atomic mass is 10.1. The van der Waals surface area contributed by atoms with Crippen LogP contribution in [-0.4, -0.2) is 68.9 Å². The molecule has 5 rings (SSSR count). The smallest absolute Gasteiger partial charge is 0.328 e. The molecule has 0 spiro atoms. The van der Waals surface area contributed by atoms with Crippen molar-refractivity contribution in [3.63, 3.8) is 0 Å². The number of hydrogen-bond acceptors (Lipinski definition) is 6. The third-order valence-corrected chi connectivity index (χ3v) is 5.76. The molecule has 170 valence electrons. The Kier molecular flexibility index (Phi) is 6.12. The fourth-order valence-corrected chi connectivity index (χ4v) is 4.19. The number of carboxylic acids is 2. The van der Waals surface area contributed by atoms with Gasteiger partial charge in [0.25, 0.3) is 0 Å². The van der Waals surface area contributed by atoms with Crippen LogP contribution in [-0.2, 0) is 9.59 Å². The number of nitrogens with one attached hydrogen (secondary N) is 1. The number of aromatic amines is 1. The predicted molar refractivity (Wildman–Crippen MR) is 125 cm³/mol. The molecule has 3 N–H and O–H groups in total. The molecule has 0 radical (unpaired) electrons. The molecule has 3 aromatic rings. The molecule has 2 aliphatic heterocycles. The minimum absolute atomic E-state index is 0.558. The molecule has 1 unspecified atom stereocenters. The Bertz CT molecular complexity index is 1230. The first-order valence-corrected chi connectivity index (χ1v) is 10.5. The summed E-state index contributed by atoms with van der Waals surface area (Å²) in [5.41, 5.74) is 5.96. The lowest BCUT2D eigenvalue weighted by molar-refractivity contribution is -0.134. The van der Waals surface area contributed by atoms with Gasteiger partial charge in [-0.3, -0.25) is 0 Å². The van der Waals surface area contributed by atoms with E-state index in [1.807, 2.05) is 6.20 Å². The van der Waals surface area contributed by atoms with Gasteiger partial charge in [0.05, 0.1) is 5.69 Å². The van der Waals surface area contributed by atoms with Gasteiger partial charge >= 0.3 is 11.9 Å². The highest BCUT2D eigenvalue weighted by molar-refractivity contribution is 5.89. The zero-order valence-electron chi connectivity index (χ0n) is 18.4. The molecule has 9 nitrogen and oxygen atoms in total. The number of carboxylic acid groups (broad SMARTS) is 2. The van der Waals surface area contributed by atoms with E-state index in [4.69, 9.17) is 10.2 Å². The van der Waals surface area contributed by atoms with E-state index in [0.29, 0.717) is 18.1 Å². The van der Waals surface area contributed by atoms with E-state index >= 15 is 0 Å². The van der Waals surface area contributed by atoms with Gasteiger partial charge in [-0.25, -0.2) is 9.59 Å². The summed E-state index contributed by atoms with van der Waals surface area (Å²) in [6, 6.07) is 10.6. The van der Waals surface area contributed by atoms with Gasteiger partial charge in [0.1, 0.15) is 0 Å². The summed E-state index contributed by atoms with van der Waals surface area (Å²) in [6.07, 6.45) is 5.44. The number of rotatable bonds is 4. The van der Waals surface area contributed by atoms with Crippen LogP contribution in [0.25, 0.3) is 22.2 Å². The number of aryl methyl sites for hydroxylation is 1. The average Bonchev–Trinajstić information content (AvgIpc) is 3.45. The average molecular weight is 447 g/mol. The molecule has 1 atom stereocenters. The molecular formula is C24H25N5O4.